The van der Waals surface area contributed by atoms with Crippen molar-refractivity contribution in [2.45, 2.75) is 18.9 Å². The average molecular weight is 209 g/mol. The lowest BCUT2D eigenvalue weighted by atomic mass is 9.84. The summed E-state index contributed by atoms with van der Waals surface area (Å²) in [6.07, 6.45) is 1.02. The van der Waals surface area contributed by atoms with Gasteiger partial charge in [0.05, 0.1) is 12.7 Å². The van der Waals surface area contributed by atoms with Crippen LogP contribution < -0.4 is 5.32 Å². The second-order valence-corrected chi connectivity index (χ2v) is 4.56. The van der Waals surface area contributed by atoms with Crippen molar-refractivity contribution in [3.8, 4) is 6.07 Å². The van der Waals surface area contributed by atoms with Gasteiger partial charge in [-0.15, -0.1) is 0 Å². The monoisotopic (exact) mass is 209 g/mol. The first-order valence-electron chi connectivity index (χ1n) is 5.72. The van der Waals surface area contributed by atoms with Crippen LogP contribution in [0.3, 0.4) is 0 Å². The van der Waals surface area contributed by atoms with E-state index in [9.17, 15) is 5.26 Å². The zero-order valence-corrected chi connectivity index (χ0v) is 9.33. The highest BCUT2D eigenvalue weighted by Gasteiger charge is 2.42. The molecular formula is C11H19N3O. The maximum Gasteiger partial charge on any atom is 0.111 e. The standard InChI is InChI=1S/C11H19N3O/c1-11(9-12,10-2-7-15-8-10)14-5-3-13-4-6-14/h10,13H,2-8H2,1H3. The molecule has 2 rings (SSSR count). The molecule has 0 amide bonds. The number of ether oxygens (including phenoxy) is 1. The van der Waals surface area contributed by atoms with Crippen LogP contribution in [-0.2, 0) is 4.74 Å². The largest absolute Gasteiger partial charge is 0.381 e. The zero-order chi connectivity index (χ0) is 10.7. The van der Waals surface area contributed by atoms with Crippen LogP contribution in [0.1, 0.15) is 13.3 Å². The maximum atomic E-state index is 9.43. The summed E-state index contributed by atoms with van der Waals surface area (Å²) in [5.41, 5.74) is -0.335. The Morgan fingerprint density at radius 1 is 1.47 bits per heavy atom. The Kier molecular flexibility index (Phi) is 3.25. The molecule has 4 heteroatoms. The van der Waals surface area contributed by atoms with Crippen LogP contribution in [-0.4, -0.2) is 49.8 Å². The van der Waals surface area contributed by atoms with E-state index in [-0.39, 0.29) is 5.54 Å². The fourth-order valence-electron chi connectivity index (χ4n) is 2.53. The molecule has 1 N–H and O–H groups in total. The third-order valence-electron chi connectivity index (χ3n) is 3.72. The van der Waals surface area contributed by atoms with Crippen molar-refractivity contribution < 1.29 is 4.74 Å². The summed E-state index contributed by atoms with van der Waals surface area (Å²) in [6, 6.07) is 2.51. The van der Waals surface area contributed by atoms with E-state index in [2.05, 4.69) is 23.2 Å². The molecule has 15 heavy (non-hydrogen) atoms. The van der Waals surface area contributed by atoms with Crippen molar-refractivity contribution in [2.75, 3.05) is 39.4 Å². The highest BCUT2D eigenvalue weighted by molar-refractivity contribution is 5.10. The van der Waals surface area contributed by atoms with E-state index in [1.807, 2.05) is 0 Å². The van der Waals surface area contributed by atoms with E-state index < -0.39 is 0 Å². The van der Waals surface area contributed by atoms with Gasteiger partial charge in [0.25, 0.3) is 0 Å². The van der Waals surface area contributed by atoms with Gasteiger partial charge in [-0.1, -0.05) is 0 Å². The van der Waals surface area contributed by atoms with E-state index in [0.717, 1.165) is 45.8 Å². The molecule has 2 heterocycles. The van der Waals surface area contributed by atoms with Crippen LogP contribution in [0.25, 0.3) is 0 Å². The van der Waals surface area contributed by atoms with Gasteiger partial charge in [0.2, 0.25) is 0 Å². The number of piperazine rings is 1. The molecule has 0 bridgehead atoms. The van der Waals surface area contributed by atoms with Gasteiger partial charge in [-0.2, -0.15) is 5.26 Å². The summed E-state index contributed by atoms with van der Waals surface area (Å²) in [4.78, 5) is 2.31. The molecule has 0 aromatic heterocycles. The Hall–Kier alpha value is -0.630. The Labute approximate surface area is 91.2 Å². The van der Waals surface area contributed by atoms with Crippen molar-refractivity contribution in [1.82, 2.24) is 10.2 Å². The zero-order valence-electron chi connectivity index (χ0n) is 9.33. The molecule has 2 unspecified atom stereocenters. The van der Waals surface area contributed by atoms with Crippen molar-refractivity contribution in [2.24, 2.45) is 5.92 Å². The predicted molar refractivity (Wildman–Crippen MR) is 57.4 cm³/mol. The molecule has 0 saturated carbocycles. The molecule has 84 valence electrons. The van der Waals surface area contributed by atoms with Gasteiger partial charge in [0.1, 0.15) is 5.54 Å². The molecule has 4 nitrogen and oxygen atoms in total. The summed E-state index contributed by atoms with van der Waals surface area (Å²) >= 11 is 0. The second-order valence-electron chi connectivity index (χ2n) is 4.56. The lowest BCUT2D eigenvalue weighted by Gasteiger charge is -2.41. The van der Waals surface area contributed by atoms with Crippen molar-refractivity contribution in [3.63, 3.8) is 0 Å². The van der Waals surface area contributed by atoms with Crippen molar-refractivity contribution in [3.05, 3.63) is 0 Å². The quantitative estimate of drug-likeness (QED) is 0.706. The van der Waals surface area contributed by atoms with Gasteiger partial charge in [0.15, 0.2) is 0 Å². The van der Waals surface area contributed by atoms with Crippen LogP contribution >= 0.6 is 0 Å². The topological polar surface area (TPSA) is 48.3 Å². The van der Waals surface area contributed by atoms with E-state index in [1.54, 1.807) is 0 Å². The van der Waals surface area contributed by atoms with E-state index in [4.69, 9.17) is 4.74 Å². The van der Waals surface area contributed by atoms with E-state index in [0.29, 0.717) is 5.92 Å². The number of rotatable bonds is 2. The number of nitrogens with zero attached hydrogens (tertiary/aromatic N) is 2. The number of hydrogen-bond donors (Lipinski definition) is 1. The molecule has 0 spiro atoms. The molecule has 0 aromatic rings. The van der Waals surface area contributed by atoms with Gasteiger partial charge in [-0.05, 0) is 13.3 Å². The molecule has 2 fully saturated rings. The third-order valence-corrected chi connectivity index (χ3v) is 3.72. The minimum Gasteiger partial charge on any atom is -0.381 e. The fraction of sp³-hybridized carbons (Fsp3) is 0.909. The lowest BCUT2D eigenvalue weighted by Crippen LogP contribution is -2.57. The summed E-state index contributed by atoms with van der Waals surface area (Å²) < 4.78 is 5.40. The first-order valence-corrected chi connectivity index (χ1v) is 5.72. The maximum absolute atomic E-state index is 9.43. The van der Waals surface area contributed by atoms with Gasteiger partial charge in [-0.25, -0.2) is 0 Å². The lowest BCUT2D eigenvalue weighted by molar-refractivity contribution is 0.0707. The highest BCUT2D eigenvalue weighted by atomic mass is 16.5. The van der Waals surface area contributed by atoms with Crippen LogP contribution in [0, 0.1) is 17.2 Å². The Balaban J connectivity index is 2.08. The Morgan fingerprint density at radius 3 is 2.73 bits per heavy atom. The molecule has 2 aliphatic rings. The van der Waals surface area contributed by atoms with Crippen molar-refractivity contribution >= 4 is 0 Å². The van der Waals surface area contributed by atoms with Crippen LogP contribution in [0.2, 0.25) is 0 Å². The molecule has 0 aromatic carbocycles. The van der Waals surface area contributed by atoms with Gasteiger partial charge < -0.3 is 10.1 Å². The van der Waals surface area contributed by atoms with E-state index in [1.165, 1.54) is 0 Å². The highest BCUT2D eigenvalue weighted by Crippen LogP contribution is 2.30. The summed E-state index contributed by atoms with van der Waals surface area (Å²) in [7, 11) is 0. The minimum absolute atomic E-state index is 0.335. The van der Waals surface area contributed by atoms with Gasteiger partial charge in [-0.3, -0.25) is 4.90 Å². The molecular weight excluding hydrogens is 190 g/mol. The Bertz CT molecular complexity index is 251. The van der Waals surface area contributed by atoms with Crippen LogP contribution in [0.15, 0.2) is 0 Å². The molecule has 2 aliphatic heterocycles. The first-order chi connectivity index (χ1) is 7.27. The number of nitrogens with one attached hydrogen (secondary N) is 1. The molecule has 0 aliphatic carbocycles. The third kappa shape index (κ3) is 2.00. The van der Waals surface area contributed by atoms with Crippen LogP contribution in [0.5, 0.6) is 0 Å². The van der Waals surface area contributed by atoms with Gasteiger partial charge in [0, 0.05) is 38.7 Å². The SMILES string of the molecule is CC(C#N)(C1CCOC1)N1CCNCC1. The number of hydrogen-bond acceptors (Lipinski definition) is 4. The average Bonchev–Trinajstić information content (AvgIpc) is 2.83. The smallest absolute Gasteiger partial charge is 0.111 e. The molecule has 0 radical (unpaired) electrons. The normalized spacial score (nSPS) is 32.1. The minimum atomic E-state index is -0.335. The van der Waals surface area contributed by atoms with E-state index >= 15 is 0 Å². The van der Waals surface area contributed by atoms with Crippen molar-refractivity contribution in [1.29, 1.82) is 5.26 Å². The summed E-state index contributed by atoms with van der Waals surface area (Å²) in [5, 5.41) is 12.7. The molecule has 2 saturated heterocycles. The predicted octanol–water partition coefficient (Wildman–Crippen LogP) is 0.210. The fourth-order valence-corrected chi connectivity index (χ4v) is 2.53. The number of nitriles is 1. The van der Waals surface area contributed by atoms with Crippen LogP contribution in [0.4, 0.5) is 0 Å². The summed E-state index contributed by atoms with van der Waals surface area (Å²) in [5.74, 6) is 0.376. The summed E-state index contributed by atoms with van der Waals surface area (Å²) in [6.45, 7) is 7.55. The van der Waals surface area contributed by atoms with Gasteiger partial charge >= 0.3 is 0 Å². The molecule has 2 atom stereocenters. The Morgan fingerprint density at radius 2 is 2.20 bits per heavy atom. The second kappa shape index (κ2) is 4.48. The first kappa shape index (κ1) is 10.9.